The molecule has 6 heteroatoms. The number of hydrogen-bond donors (Lipinski definition) is 1. The van der Waals surface area contributed by atoms with Crippen molar-refractivity contribution in [2.75, 3.05) is 0 Å². The summed E-state index contributed by atoms with van der Waals surface area (Å²) >= 11 is 3.28. The van der Waals surface area contributed by atoms with Crippen LogP contribution in [0, 0.1) is 11.8 Å². The maximum Gasteiger partial charge on any atom is 0.276 e. The van der Waals surface area contributed by atoms with E-state index in [9.17, 15) is 8.42 Å². The Balaban J connectivity index is 1.72. The van der Waals surface area contributed by atoms with Crippen LogP contribution in [0.4, 0.5) is 0 Å². The summed E-state index contributed by atoms with van der Waals surface area (Å²) in [5.74, 6) is 0.976. The molecule has 4 nitrogen and oxygen atoms in total. The van der Waals surface area contributed by atoms with Gasteiger partial charge in [0.15, 0.2) is 0 Å². The third-order valence-corrected chi connectivity index (χ3v) is 5.35. The third-order valence-electron chi connectivity index (χ3n) is 3.60. The molecule has 0 saturated heterocycles. The van der Waals surface area contributed by atoms with Crippen LogP contribution in [0.5, 0.6) is 0 Å². The zero-order chi connectivity index (χ0) is 13.5. The van der Waals surface area contributed by atoms with Gasteiger partial charge in [-0.05, 0) is 43.0 Å². The lowest BCUT2D eigenvalue weighted by Gasteiger charge is -2.31. The minimum Gasteiger partial charge on any atom is -0.200 e. The quantitative estimate of drug-likeness (QED) is 0.679. The second-order valence-corrected chi connectivity index (χ2v) is 7.37. The van der Waals surface area contributed by atoms with Crippen molar-refractivity contribution < 1.29 is 8.42 Å². The molecule has 100 valence electrons. The molecular weight excluding hydrogens is 328 g/mol. The van der Waals surface area contributed by atoms with Gasteiger partial charge in [-0.1, -0.05) is 28.1 Å². The normalized spacial score (nSPS) is 27.1. The monoisotopic (exact) mass is 340 g/mol. The molecule has 0 radical (unpaired) electrons. The highest BCUT2D eigenvalue weighted by Crippen LogP contribution is 2.40. The number of benzene rings is 1. The molecule has 1 saturated carbocycles. The average Bonchev–Trinajstić information content (AvgIpc) is 2.72. The smallest absolute Gasteiger partial charge is 0.200 e. The fourth-order valence-electron chi connectivity index (χ4n) is 2.45. The van der Waals surface area contributed by atoms with E-state index in [0.717, 1.165) is 23.0 Å². The molecule has 0 aliphatic heterocycles. The summed E-state index contributed by atoms with van der Waals surface area (Å²) < 4.78 is 24.9. The van der Waals surface area contributed by atoms with Crippen LogP contribution in [0.3, 0.4) is 0 Å². The Labute approximate surface area is 120 Å². The van der Waals surface area contributed by atoms with Gasteiger partial charge in [0, 0.05) is 16.1 Å². The van der Waals surface area contributed by atoms with Crippen LogP contribution in [-0.2, 0) is 10.0 Å². The van der Waals surface area contributed by atoms with E-state index in [1.807, 2.05) is 0 Å². The fourth-order valence-corrected chi connectivity index (χ4v) is 3.55. The van der Waals surface area contributed by atoms with E-state index in [-0.39, 0.29) is 4.90 Å². The topological polar surface area (TPSA) is 58.5 Å². The molecule has 1 fully saturated rings. The van der Waals surface area contributed by atoms with Gasteiger partial charge in [0.2, 0.25) is 0 Å². The zero-order valence-corrected chi connectivity index (χ0v) is 12.5. The third kappa shape index (κ3) is 2.47. The first-order valence-electron chi connectivity index (χ1n) is 6.07. The van der Waals surface area contributed by atoms with Crippen molar-refractivity contribution in [3.63, 3.8) is 0 Å². The number of allylic oxidation sites excluding steroid dienone is 2. The van der Waals surface area contributed by atoms with E-state index in [2.05, 4.69) is 38.0 Å². The standard InChI is InChI=1S/C13H13BrN2O2S/c14-10-4-6-11(7-5-10)19(17,18)16-15-13-8-9-2-1-3-12(9)13/h1-2,4-7,9,12,16H,3,8H2/b15-13+/t9-,12-/m0/s1. The van der Waals surface area contributed by atoms with Crippen LogP contribution >= 0.6 is 15.9 Å². The van der Waals surface area contributed by atoms with Gasteiger partial charge >= 0.3 is 0 Å². The van der Waals surface area contributed by atoms with Crippen LogP contribution in [-0.4, -0.2) is 14.1 Å². The van der Waals surface area contributed by atoms with Crippen molar-refractivity contribution in [3.05, 3.63) is 40.9 Å². The summed E-state index contributed by atoms with van der Waals surface area (Å²) in [6.07, 6.45) is 6.17. The van der Waals surface area contributed by atoms with Gasteiger partial charge in [-0.15, -0.1) is 0 Å². The van der Waals surface area contributed by atoms with Gasteiger partial charge in [0.05, 0.1) is 4.90 Å². The lowest BCUT2D eigenvalue weighted by Crippen LogP contribution is -2.35. The number of rotatable bonds is 3. The number of hydrazone groups is 1. The molecule has 3 rings (SSSR count). The van der Waals surface area contributed by atoms with Crippen LogP contribution in [0.2, 0.25) is 0 Å². The molecule has 0 bridgehead atoms. The molecule has 0 unspecified atom stereocenters. The summed E-state index contributed by atoms with van der Waals surface area (Å²) in [5, 5.41) is 4.07. The first kappa shape index (κ1) is 12.9. The first-order valence-corrected chi connectivity index (χ1v) is 8.34. The second-order valence-electron chi connectivity index (χ2n) is 4.79. The summed E-state index contributed by atoms with van der Waals surface area (Å²) in [6, 6.07) is 6.49. The highest BCUT2D eigenvalue weighted by Gasteiger charge is 2.38. The predicted octanol–water partition coefficient (Wildman–Crippen LogP) is 2.68. The van der Waals surface area contributed by atoms with Gasteiger partial charge in [-0.2, -0.15) is 13.5 Å². The van der Waals surface area contributed by atoms with Crippen molar-refractivity contribution in [1.82, 2.24) is 4.83 Å². The molecule has 1 aromatic rings. The molecule has 0 heterocycles. The maximum absolute atomic E-state index is 12.0. The molecule has 0 spiro atoms. The minimum atomic E-state index is -3.56. The molecule has 0 aromatic heterocycles. The Morgan fingerprint density at radius 1 is 1.26 bits per heavy atom. The highest BCUT2D eigenvalue weighted by molar-refractivity contribution is 9.10. The van der Waals surface area contributed by atoms with E-state index in [4.69, 9.17) is 0 Å². The van der Waals surface area contributed by atoms with Crippen LogP contribution in [0.15, 0.2) is 50.9 Å². The van der Waals surface area contributed by atoms with Crippen molar-refractivity contribution in [2.24, 2.45) is 16.9 Å². The van der Waals surface area contributed by atoms with Crippen molar-refractivity contribution in [3.8, 4) is 0 Å². The Morgan fingerprint density at radius 3 is 2.68 bits per heavy atom. The second kappa shape index (κ2) is 4.76. The number of nitrogens with one attached hydrogen (secondary N) is 1. The Bertz CT molecular complexity index is 650. The number of sulfonamides is 1. The summed E-state index contributed by atoms with van der Waals surface area (Å²) in [4.78, 5) is 2.55. The van der Waals surface area contributed by atoms with E-state index in [1.54, 1.807) is 24.3 Å². The molecule has 1 aromatic carbocycles. The highest BCUT2D eigenvalue weighted by atomic mass is 79.9. The van der Waals surface area contributed by atoms with Gasteiger partial charge in [-0.3, -0.25) is 0 Å². The average molecular weight is 341 g/mol. The van der Waals surface area contributed by atoms with E-state index < -0.39 is 10.0 Å². The summed E-state index contributed by atoms with van der Waals surface area (Å²) in [7, 11) is -3.56. The molecule has 0 amide bonds. The van der Waals surface area contributed by atoms with E-state index in [0.29, 0.717) is 11.8 Å². The zero-order valence-electron chi connectivity index (χ0n) is 10.1. The summed E-state index contributed by atoms with van der Waals surface area (Å²) in [6.45, 7) is 0. The van der Waals surface area contributed by atoms with Crippen molar-refractivity contribution in [1.29, 1.82) is 0 Å². The molecular formula is C13H13BrN2O2S. The number of hydrogen-bond acceptors (Lipinski definition) is 3. The molecule has 2 aliphatic rings. The molecule has 1 N–H and O–H groups in total. The fraction of sp³-hybridized carbons (Fsp3) is 0.308. The Kier molecular flexibility index (Phi) is 3.22. The Morgan fingerprint density at radius 2 is 2.00 bits per heavy atom. The SMILES string of the molecule is O=S(=O)(N/N=C1\C[C@@H]2C=CC[C@H]12)c1ccc(Br)cc1. The molecule has 2 atom stereocenters. The molecule has 19 heavy (non-hydrogen) atoms. The maximum atomic E-state index is 12.0. The number of fused-ring (bicyclic) bond motifs is 1. The largest absolute Gasteiger partial charge is 0.276 e. The number of halogens is 1. The Hall–Kier alpha value is -1.14. The first-order chi connectivity index (χ1) is 9.06. The van der Waals surface area contributed by atoms with Crippen LogP contribution in [0.25, 0.3) is 0 Å². The molecule has 2 aliphatic carbocycles. The van der Waals surface area contributed by atoms with Gasteiger partial charge in [-0.25, -0.2) is 4.83 Å². The van der Waals surface area contributed by atoms with E-state index >= 15 is 0 Å². The van der Waals surface area contributed by atoms with Gasteiger partial charge < -0.3 is 0 Å². The van der Waals surface area contributed by atoms with Crippen molar-refractivity contribution >= 4 is 31.7 Å². The lowest BCUT2D eigenvalue weighted by atomic mass is 9.74. The predicted molar refractivity (Wildman–Crippen MR) is 77.3 cm³/mol. The summed E-state index contributed by atoms with van der Waals surface area (Å²) in [5.41, 5.74) is 0.954. The number of nitrogens with zero attached hydrogens (tertiary/aromatic N) is 1. The van der Waals surface area contributed by atoms with Gasteiger partial charge in [0.1, 0.15) is 0 Å². The lowest BCUT2D eigenvalue weighted by molar-refractivity contribution is 0.463. The van der Waals surface area contributed by atoms with E-state index in [1.165, 1.54) is 0 Å². The van der Waals surface area contributed by atoms with Crippen molar-refractivity contribution in [2.45, 2.75) is 17.7 Å². The van der Waals surface area contributed by atoms with Crippen LogP contribution in [0.1, 0.15) is 12.8 Å². The van der Waals surface area contributed by atoms with Crippen LogP contribution < -0.4 is 4.83 Å². The van der Waals surface area contributed by atoms with Gasteiger partial charge in [0.25, 0.3) is 10.0 Å². The minimum absolute atomic E-state index is 0.223.